The Bertz CT molecular complexity index is 1360. The van der Waals surface area contributed by atoms with Crippen LogP contribution < -0.4 is 5.73 Å². The van der Waals surface area contributed by atoms with Crippen LogP contribution in [-0.4, -0.2) is 49.3 Å². The molecule has 2 atom stereocenters. The van der Waals surface area contributed by atoms with Crippen LogP contribution in [0.2, 0.25) is 0 Å². The van der Waals surface area contributed by atoms with E-state index in [0.29, 0.717) is 6.42 Å². The fourth-order valence-corrected chi connectivity index (χ4v) is 9.38. The smallest absolute Gasteiger partial charge is 0.462 e. The van der Waals surface area contributed by atoms with Gasteiger partial charge in [-0.1, -0.05) is 254 Å². The lowest BCUT2D eigenvalue weighted by atomic mass is 10.0. The summed E-state index contributed by atoms with van der Waals surface area (Å²) in [6.45, 7) is 3.74. The van der Waals surface area contributed by atoms with E-state index in [1.54, 1.807) is 0 Å². The van der Waals surface area contributed by atoms with Crippen LogP contribution in [0.1, 0.15) is 290 Å². The molecular weight excluding hydrogens is 918 g/mol. The summed E-state index contributed by atoms with van der Waals surface area (Å²) in [6, 6.07) is 0. The van der Waals surface area contributed by atoms with Gasteiger partial charge in [0.1, 0.15) is 6.61 Å². The zero-order valence-electron chi connectivity index (χ0n) is 46.9. The predicted octanol–water partition coefficient (Wildman–Crippen LogP) is 19.1. The van der Waals surface area contributed by atoms with Gasteiger partial charge in [0.25, 0.3) is 0 Å². The van der Waals surface area contributed by atoms with Crippen LogP contribution in [-0.2, 0) is 32.7 Å². The Labute approximate surface area is 444 Å². The molecule has 0 aromatic rings. The van der Waals surface area contributed by atoms with Crippen LogP contribution in [0.25, 0.3) is 0 Å². The van der Waals surface area contributed by atoms with Crippen molar-refractivity contribution in [2.75, 3.05) is 26.4 Å². The molecule has 0 radical (unpaired) electrons. The summed E-state index contributed by atoms with van der Waals surface area (Å²) in [5.41, 5.74) is 5.38. The largest absolute Gasteiger partial charge is 0.472 e. The van der Waals surface area contributed by atoms with Crippen molar-refractivity contribution >= 4 is 19.8 Å². The molecule has 0 aromatic heterocycles. The monoisotopic (exact) mass is 1030 g/mol. The minimum Gasteiger partial charge on any atom is -0.462 e. The Morgan fingerprint density at radius 1 is 0.417 bits per heavy atom. The molecule has 0 saturated carbocycles. The molecule has 0 spiro atoms. The summed E-state index contributed by atoms with van der Waals surface area (Å²) in [5.74, 6) is -0.828. The Hall–Kier alpha value is -2.29. The van der Waals surface area contributed by atoms with Crippen molar-refractivity contribution in [2.24, 2.45) is 5.73 Å². The number of ether oxygens (including phenoxy) is 2. The van der Waals surface area contributed by atoms with E-state index in [2.05, 4.69) is 74.6 Å². The summed E-state index contributed by atoms with van der Waals surface area (Å²) in [5, 5.41) is 0. The molecule has 2 unspecified atom stereocenters. The predicted molar refractivity (Wildman–Crippen MR) is 307 cm³/mol. The maximum absolute atomic E-state index is 12.7. The Morgan fingerprint density at radius 3 is 1.08 bits per heavy atom. The number of allylic oxidation sites excluding steroid dienone is 10. The van der Waals surface area contributed by atoms with Crippen LogP contribution in [0.15, 0.2) is 60.8 Å². The first-order valence-corrected chi connectivity index (χ1v) is 31.8. The highest BCUT2D eigenvalue weighted by Crippen LogP contribution is 2.43. The third kappa shape index (κ3) is 57.0. The van der Waals surface area contributed by atoms with Crippen LogP contribution >= 0.6 is 7.82 Å². The number of nitrogens with two attached hydrogens (primary N) is 1. The fourth-order valence-electron chi connectivity index (χ4n) is 8.62. The standard InChI is InChI=1S/C62H114NO8P/c1-3-5-7-9-11-13-15-17-19-21-23-24-25-26-27-28-29-30-31-32-33-34-35-36-37-39-41-43-45-47-49-51-53-55-62(65)71-60(59-70-72(66,67)69-57-56-63)58-68-61(64)54-52-50-48-46-44-42-40-38-22-20-18-16-14-12-10-8-6-4-2/h14-17,20-23,25-26,60H,3-13,18-19,24,27-59,63H2,1-2H3,(H,66,67)/b16-14-,17-15-,22-20-,23-21-,26-25-. The minimum absolute atomic E-state index is 0.0517. The van der Waals surface area contributed by atoms with Gasteiger partial charge < -0.3 is 20.1 Å². The first-order chi connectivity index (χ1) is 35.3. The number of rotatable bonds is 57. The molecule has 0 aliphatic heterocycles. The summed E-state index contributed by atoms with van der Waals surface area (Å²) >= 11 is 0. The molecule has 0 saturated heterocycles. The highest BCUT2D eigenvalue weighted by molar-refractivity contribution is 7.47. The van der Waals surface area contributed by atoms with Crippen LogP contribution in [0.5, 0.6) is 0 Å². The second kappa shape index (κ2) is 58.0. The number of unbranched alkanes of at least 4 members (excludes halogenated alkanes) is 34. The summed E-state index contributed by atoms with van der Waals surface area (Å²) in [6.07, 6.45) is 72.9. The molecular formula is C62H114NO8P. The Kier molecular flexibility index (Phi) is 56.1. The molecule has 0 bridgehead atoms. The number of carbonyl (C=O) groups excluding carboxylic acids is 2. The van der Waals surface area contributed by atoms with Crippen LogP contribution in [0.4, 0.5) is 0 Å². The Morgan fingerprint density at radius 2 is 0.722 bits per heavy atom. The van der Waals surface area contributed by atoms with Gasteiger partial charge in [0.05, 0.1) is 13.2 Å². The Balaban J connectivity index is 3.89. The van der Waals surface area contributed by atoms with E-state index >= 15 is 0 Å². The van der Waals surface area contributed by atoms with E-state index in [4.69, 9.17) is 24.3 Å². The molecule has 0 amide bonds. The van der Waals surface area contributed by atoms with E-state index in [-0.39, 0.29) is 38.6 Å². The topological polar surface area (TPSA) is 134 Å². The number of hydrogen-bond donors (Lipinski definition) is 2. The first kappa shape index (κ1) is 69.7. The van der Waals surface area contributed by atoms with Gasteiger partial charge in [0, 0.05) is 19.4 Å². The molecule has 0 aromatic carbocycles. The second-order valence-electron chi connectivity index (χ2n) is 20.2. The van der Waals surface area contributed by atoms with Crippen molar-refractivity contribution in [3.8, 4) is 0 Å². The molecule has 0 heterocycles. The number of carbonyl (C=O) groups is 2. The van der Waals surface area contributed by atoms with E-state index in [0.717, 1.165) is 70.6 Å². The van der Waals surface area contributed by atoms with Gasteiger partial charge in [-0.3, -0.25) is 18.6 Å². The summed E-state index contributed by atoms with van der Waals surface area (Å²) in [7, 11) is -4.39. The molecule has 0 aliphatic rings. The van der Waals surface area contributed by atoms with Gasteiger partial charge >= 0.3 is 19.8 Å². The van der Waals surface area contributed by atoms with Gasteiger partial charge in [-0.25, -0.2) is 4.57 Å². The quantitative estimate of drug-likeness (QED) is 0.0264. The van der Waals surface area contributed by atoms with E-state index in [9.17, 15) is 19.0 Å². The lowest BCUT2D eigenvalue weighted by Gasteiger charge is -2.19. The fraction of sp³-hybridized carbons (Fsp3) is 0.806. The molecule has 0 rings (SSSR count). The number of phosphoric ester groups is 1. The van der Waals surface area contributed by atoms with Gasteiger partial charge in [-0.2, -0.15) is 0 Å². The second-order valence-corrected chi connectivity index (χ2v) is 21.7. The van der Waals surface area contributed by atoms with Crippen molar-refractivity contribution in [3.63, 3.8) is 0 Å². The SMILES string of the molecule is CCCCCC/C=C\C/C=C\CCCCCCCCCC(=O)OCC(COP(=O)(O)OCCN)OC(=O)CCCCCCCCCCCCCCCCCCCC/C=C\C/C=C\C/C=C\CCCCCCC. The average Bonchev–Trinajstić information content (AvgIpc) is 3.37. The van der Waals surface area contributed by atoms with E-state index < -0.39 is 26.5 Å². The van der Waals surface area contributed by atoms with Gasteiger partial charge in [0.15, 0.2) is 6.10 Å². The van der Waals surface area contributed by atoms with Gasteiger partial charge in [-0.15, -0.1) is 0 Å². The maximum Gasteiger partial charge on any atom is 0.472 e. The molecule has 10 heteroatoms. The zero-order valence-corrected chi connectivity index (χ0v) is 47.8. The molecule has 0 fully saturated rings. The van der Waals surface area contributed by atoms with Crippen molar-refractivity contribution in [2.45, 2.75) is 296 Å². The number of esters is 2. The van der Waals surface area contributed by atoms with Crippen LogP contribution in [0.3, 0.4) is 0 Å². The normalized spacial score (nSPS) is 13.4. The third-order valence-corrected chi connectivity index (χ3v) is 14.1. The van der Waals surface area contributed by atoms with Gasteiger partial charge in [0.2, 0.25) is 0 Å². The third-order valence-electron chi connectivity index (χ3n) is 13.1. The summed E-state index contributed by atoms with van der Waals surface area (Å²) in [4.78, 5) is 35.2. The van der Waals surface area contributed by atoms with E-state index in [1.807, 2.05) is 0 Å². The van der Waals surface area contributed by atoms with Gasteiger partial charge in [-0.05, 0) is 83.5 Å². The summed E-state index contributed by atoms with van der Waals surface area (Å²) < 4.78 is 33.0. The first-order valence-electron chi connectivity index (χ1n) is 30.3. The molecule has 420 valence electrons. The zero-order chi connectivity index (χ0) is 52.4. The van der Waals surface area contributed by atoms with Crippen molar-refractivity contribution in [1.29, 1.82) is 0 Å². The van der Waals surface area contributed by atoms with Crippen molar-refractivity contribution < 1.29 is 37.6 Å². The van der Waals surface area contributed by atoms with Crippen molar-refractivity contribution in [3.05, 3.63) is 60.8 Å². The molecule has 9 nitrogen and oxygen atoms in total. The number of hydrogen-bond acceptors (Lipinski definition) is 8. The molecule has 72 heavy (non-hydrogen) atoms. The highest BCUT2D eigenvalue weighted by atomic mass is 31.2. The number of phosphoric acid groups is 1. The molecule has 0 aliphatic carbocycles. The lowest BCUT2D eigenvalue weighted by molar-refractivity contribution is -0.161. The van der Waals surface area contributed by atoms with Crippen LogP contribution in [0, 0.1) is 0 Å². The maximum atomic E-state index is 12.7. The van der Waals surface area contributed by atoms with Crippen molar-refractivity contribution in [1.82, 2.24) is 0 Å². The van der Waals surface area contributed by atoms with E-state index in [1.165, 1.54) is 186 Å². The average molecular weight is 1030 g/mol. The molecule has 3 N–H and O–H groups in total. The minimum atomic E-state index is -4.39. The lowest BCUT2D eigenvalue weighted by Crippen LogP contribution is -2.29. The highest BCUT2D eigenvalue weighted by Gasteiger charge is 2.26.